The molecule has 0 fully saturated rings. The van der Waals surface area contributed by atoms with E-state index in [1.54, 1.807) is 24.5 Å². The number of aromatic amines is 1. The zero-order chi connectivity index (χ0) is 11.7. The maximum Gasteiger partial charge on any atom is 0.258 e. The van der Waals surface area contributed by atoms with E-state index >= 15 is 0 Å². The third kappa shape index (κ3) is 1.76. The molecule has 0 amide bonds. The summed E-state index contributed by atoms with van der Waals surface area (Å²) in [5, 5.41) is 3.85. The van der Waals surface area contributed by atoms with Crippen LogP contribution in [0.25, 0.3) is 23.1 Å². The molecule has 0 aliphatic heterocycles. The molecular formula is C11H9N5O. The van der Waals surface area contributed by atoms with Gasteiger partial charge in [0, 0.05) is 23.6 Å². The molecule has 3 rings (SSSR count). The van der Waals surface area contributed by atoms with Crippen LogP contribution in [0.15, 0.2) is 41.2 Å². The Kier molecular flexibility index (Phi) is 2.11. The molecular weight excluding hydrogens is 218 g/mol. The first kappa shape index (κ1) is 9.59. The molecule has 1 aromatic carbocycles. The van der Waals surface area contributed by atoms with Crippen molar-refractivity contribution in [3.05, 3.63) is 36.7 Å². The summed E-state index contributed by atoms with van der Waals surface area (Å²) in [5.74, 6) is 1.45. The Bertz CT molecular complexity index is 612. The minimum Gasteiger partial charge on any atom is -0.399 e. The molecule has 2 aromatic heterocycles. The molecule has 3 N–H and O–H groups in total. The van der Waals surface area contributed by atoms with E-state index in [1.165, 1.54) is 0 Å². The first-order chi connectivity index (χ1) is 8.33. The number of nitrogen functional groups attached to an aromatic ring is 1. The molecule has 17 heavy (non-hydrogen) atoms. The number of imidazole rings is 1. The fraction of sp³-hybridized carbons (Fsp3) is 0. The highest BCUT2D eigenvalue weighted by Gasteiger charge is 2.11. The number of rotatable bonds is 2. The van der Waals surface area contributed by atoms with E-state index in [4.69, 9.17) is 10.3 Å². The summed E-state index contributed by atoms with van der Waals surface area (Å²) >= 11 is 0. The van der Waals surface area contributed by atoms with Gasteiger partial charge in [0.2, 0.25) is 5.82 Å². The van der Waals surface area contributed by atoms with Crippen molar-refractivity contribution in [2.24, 2.45) is 0 Å². The van der Waals surface area contributed by atoms with Crippen LogP contribution in [0.3, 0.4) is 0 Å². The molecule has 2 heterocycles. The van der Waals surface area contributed by atoms with E-state index in [0.29, 0.717) is 23.2 Å². The molecule has 84 valence electrons. The van der Waals surface area contributed by atoms with Crippen LogP contribution in [-0.4, -0.2) is 20.1 Å². The van der Waals surface area contributed by atoms with Crippen LogP contribution in [-0.2, 0) is 0 Å². The average molecular weight is 227 g/mol. The summed E-state index contributed by atoms with van der Waals surface area (Å²) in [5.41, 5.74) is 7.12. The third-order valence-electron chi connectivity index (χ3n) is 2.29. The van der Waals surface area contributed by atoms with E-state index in [9.17, 15) is 0 Å². The van der Waals surface area contributed by atoms with Crippen molar-refractivity contribution in [3.63, 3.8) is 0 Å². The number of hydrogen-bond acceptors (Lipinski definition) is 5. The topological polar surface area (TPSA) is 93.6 Å². The lowest BCUT2D eigenvalue weighted by Gasteiger charge is -1.94. The zero-order valence-electron chi connectivity index (χ0n) is 8.79. The van der Waals surface area contributed by atoms with Gasteiger partial charge in [0.05, 0.1) is 0 Å². The molecule has 0 radical (unpaired) electrons. The van der Waals surface area contributed by atoms with Crippen molar-refractivity contribution in [2.75, 3.05) is 5.73 Å². The normalized spacial score (nSPS) is 10.6. The SMILES string of the molecule is Nc1ccc(-c2nc(-c3ncc[nH]3)no2)cc1. The largest absolute Gasteiger partial charge is 0.399 e. The standard InChI is InChI=1S/C11H9N5O/c12-8-3-1-7(2-4-8)11-15-10(16-17-11)9-13-5-6-14-9/h1-6H,12H2,(H,13,14). The minimum atomic E-state index is 0.432. The van der Waals surface area contributed by atoms with Crippen LogP contribution in [0.2, 0.25) is 0 Å². The maximum atomic E-state index is 5.61. The number of hydrogen-bond donors (Lipinski definition) is 2. The predicted molar refractivity (Wildman–Crippen MR) is 61.7 cm³/mol. The summed E-state index contributed by atoms with van der Waals surface area (Å²) < 4.78 is 5.15. The van der Waals surface area contributed by atoms with Crippen molar-refractivity contribution in [1.82, 2.24) is 20.1 Å². The number of nitrogens with one attached hydrogen (secondary N) is 1. The van der Waals surface area contributed by atoms with Crippen molar-refractivity contribution >= 4 is 5.69 Å². The van der Waals surface area contributed by atoms with Crippen LogP contribution in [0.5, 0.6) is 0 Å². The lowest BCUT2D eigenvalue weighted by atomic mass is 10.2. The van der Waals surface area contributed by atoms with Gasteiger partial charge in [-0.1, -0.05) is 5.16 Å². The van der Waals surface area contributed by atoms with Gasteiger partial charge in [-0.25, -0.2) is 4.98 Å². The van der Waals surface area contributed by atoms with E-state index in [1.807, 2.05) is 12.1 Å². The Morgan fingerprint density at radius 2 is 2.00 bits per heavy atom. The quantitative estimate of drug-likeness (QED) is 0.650. The average Bonchev–Trinajstić information content (AvgIpc) is 3.00. The van der Waals surface area contributed by atoms with Gasteiger partial charge in [-0.05, 0) is 24.3 Å². The molecule has 0 bridgehead atoms. The van der Waals surface area contributed by atoms with E-state index in [-0.39, 0.29) is 0 Å². The molecule has 0 unspecified atom stereocenters. The molecule has 0 aliphatic carbocycles. The van der Waals surface area contributed by atoms with Gasteiger partial charge in [0.25, 0.3) is 5.89 Å². The number of nitrogens with two attached hydrogens (primary N) is 1. The van der Waals surface area contributed by atoms with Gasteiger partial charge in [0.15, 0.2) is 5.82 Å². The van der Waals surface area contributed by atoms with Crippen LogP contribution < -0.4 is 5.73 Å². The molecule has 0 atom stereocenters. The highest BCUT2D eigenvalue weighted by atomic mass is 16.5. The Morgan fingerprint density at radius 1 is 1.18 bits per heavy atom. The van der Waals surface area contributed by atoms with Crippen molar-refractivity contribution in [2.45, 2.75) is 0 Å². The lowest BCUT2D eigenvalue weighted by molar-refractivity contribution is 0.432. The Labute approximate surface area is 96.5 Å². The van der Waals surface area contributed by atoms with E-state index in [2.05, 4.69) is 20.1 Å². The summed E-state index contributed by atoms with van der Waals surface area (Å²) in [7, 11) is 0. The van der Waals surface area contributed by atoms with E-state index < -0.39 is 0 Å². The van der Waals surface area contributed by atoms with Gasteiger partial charge in [-0.15, -0.1) is 0 Å². The Balaban J connectivity index is 1.98. The minimum absolute atomic E-state index is 0.432. The second-order valence-electron chi connectivity index (χ2n) is 3.48. The zero-order valence-corrected chi connectivity index (χ0v) is 8.79. The summed E-state index contributed by atoms with van der Waals surface area (Å²) in [6, 6.07) is 7.22. The lowest BCUT2D eigenvalue weighted by Crippen LogP contribution is -1.85. The fourth-order valence-electron chi connectivity index (χ4n) is 1.45. The Morgan fingerprint density at radius 3 is 2.71 bits per heavy atom. The van der Waals surface area contributed by atoms with Crippen molar-refractivity contribution < 1.29 is 4.52 Å². The molecule has 0 saturated heterocycles. The first-order valence-electron chi connectivity index (χ1n) is 5.02. The number of nitrogens with zero attached hydrogens (tertiary/aromatic N) is 3. The predicted octanol–water partition coefficient (Wildman–Crippen LogP) is 1.71. The van der Waals surface area contributed by atoms with Crippen molar-refractivity contribution in [3.8, 4) is 23.1 Å². The van der Waals surface area contributed by atoms with Gasteiger partial charge in [-0.2, -0.15) is 4.98 Å². The van der Waals surface area contributed by atoms with Gasteiger partial charge >= 0.3 is 0 Å². The molecule has 0 saturated carbocycles. The van der Waals surface area contributed by atoms with Crippen LogP contribution in [0, 0.1) is 0 Å². The molecule has 0 aliphatic rings. The van der Waals surface area contributed by atoms with Crippen LogP contribution >= 0.6 is 0 Å². The highest BCUT2D eigenvalue weighted by Crippen LogP contribution is 2.20. The molecule has 6 nitrogen and oxygen atoms in total. The first-order valence-corrected chi connectivity index (χ1v) is 5.02. The van der Waals surface area contributed by atoms with E-state index in [0.717, 1.165) is 5.56 Å². The number of anilines is 1. The monoisotopic (exact) mass is 227 g/mol. The number of benzene rings is 1. The highest BCUT2D eigenvalue weighted by molar-refractivity contribution is 5.58. The van der Waals surface area contributed by atoms with Gasteiger partial charge in [-0.3, -0.25) is 0 Å². The Hall–Kier alpha value is -2.63. The van der Waals surface area contributed by atoms with Crippen LogP contribution in [0.1, 0.15) is 0 Å². The van der Waals surface area contributed by atoms with Gasteiger partial charge < -0.3 is 15.2 Å². The number of H-pyrrole nitrogens is 1. The maximum absolute atomic E-state index is 5.61. The van der Waals surface area contributed by atoms with Gasteiger partial charge in [0.1, 0.15) is 0 Å². The summed E-state index contributed by atoms with van der Waals surface area (Å²) in [6.45, 7) is 0. The van der Waals surface area contributed by atoms with Crippen molar-refractivity contribution in [1.29, 1.82) is 0 Å². The smallest absolute Gasteiger partial charge is 0.258 e. The summed E-state index contributed by atoms with van der Waals surface area (Å²) in [6.07, 6.45) is 3.34. The fourth-order valence-corrected chi connectivity index (χ4v) is 1.45. The molecule has 6 heteroatoms. The second-order valence-corrected chi connectivity index (χ2v) is 3.48. The number of aromatic nitrogens is 4. The van der Waals surface area contributed by atoms with Crippen LogP contribution in [0.4, 0.5) is 5.69 Å². The molecule has 0 spiro atoms. The summed E-state index contributed by atoms with van der Waals surface area (Å²) in [4.78, 5) is 11.2. The second kappa shape index (κ2) is 3.75. The molecule has 3 aromatic rings. The third-order valence-corrected chi connectivity index (χ3v) is 2.29.